The van der Waals surface area contributed by atoms with Gasteiger partial charge in [-0.25, -0.2) is 9.50 Å². The summed E-state index contributed by atoms with van der Waals surface area (Å²) in [6.07, 6.45) is 5.22. The number of anilines is 1. The monoisotopic (exact) mass is 220 g/mol. The van der Waals surface area contributed by atoms with Crippen LogP contribution in [0.25, 0.3) is 5.65 Å². The molecule has 78 valence electrons. The third-order valence-corrected chi connectivity index (χ3v) is 1.26. The number of H-pyrrole nitrogens is 1. The molecule has 9 heteroatoms. The Hall–Kier alpha value is -1.58. The maximum Gasteiger partial charge on any atom is 0.394 e. The Morgan fingerprint density at radius 2 is 2.07 bits per heavy atom. The molecule has 2 aromatic heterocycles. The minimum atomic E-state index is -4.67. The second-order valence-corrected chi connectivity index (χ2v) is 3.19. The van der Waals surface area contributed by atoms with Crippen LogP contribution in [0, 0.1) is 0 Å². The fourth-order valence-electron chi connectivity index (χ4n) is 0.825. The lowest BCUT2D eigenvalue weighted by Gasteiger charge is -1.78. The summed E-state index contributed by atoms with van der Waals surface area (Å²) in [7, 11) is -4.67. The van der Waals surface area contributed by atoms with Gasteiger partial charge in [-0.15, -0.1) is 0 Å². The molecule has 2 heterocycles. The average Bonchev–Trinajstić information content (AvgIpc) is 2.52. The smallest absolute Gasteiger partial charge is 0.394 e. The lowest BCUT2D eigenvalue weighted by atomic mass is 10.6. The standard InChI is InChI=1S/C5H6N4.H2O4S/c6-4-3-8-9-2-1-7-5(4)9;1-5(2,3)4/h1-3,8H,6H2;(H2,1,2,3,4). The molecule has 0 aliphatic carbocycles. The van der Waals surface area contributed by atoms with Gasteiger partial charge in [0.1, 0.15) is 0 Å². The molecular weight excluding hydrogens is 212 g/mol. The number of nitrogens with two attached hydrogens (primary N) is 1. The van der Waals surface area contributed by atoms with E-state index >= 15 is 0 Å². The number of rotatable bonds is 0. The van der Waals surface area contributed by atoms with Crippen LogP contribution in [-0.4, -0.2) is 32.1 Å². The third-order valence-electron chi connectivity index (χ3n) is 1.26. The number of hydrogen-bond acceptors (Lipinski definition) is 4. The van der Waals surface area contributed by atoms with Crippen molar-refractivity contribution < 1.29 is 17.5 Å². The topological polar surface area (TPSA) is 134 Å². The largest absolute Gasteiger partial charge is 0.394 e. The van der Waals surface area contributed by atoms with Crippen molar-refractivity contribution >= 4 is 21.7 Å². The van der Waals surface area contributed by atoms with Gasteiger partial charge in [-0.3, -0.25) is 14.2 Å². The molecule has 0 saturated carbocycles. The fraction of sp³-hybridized carbons (Fsp3) is 0. The van der Waals surface area contributed by atoms with Gasteiger partial charge >= 0.3 is 10.4 Å². The van der Waals surface area contributed by atoms with Crippen molar-refractivity contribution in [1.82, 2.24) is 14.6 Å². The molecule has 2 rings (SSSR count). The summed E-state index contributed by atoms with van der Waals surface area (Å²) in [4.78, 5) is 3.98. The molecule has 0 aliphatic rings. The highest BCUT2D eigenvalue weighted by atomic mass is 32.3. The molecule has 0 amide bonds. The molecule has 0 unspecified atom stereocenters. The van der Waals surface area contributed by atoms with E-state index in [1.165, 1.54) is 0 Å². The van der Waals surface area contributed by atoms with E-state index in [-0.39, 0.29) is 0 Å². The third kappa shape index (κ3) is 3.05. The Labute approximate surface area is 78.9 Å². The highest BCUT2D eigenvalue weighted by Crippen LogP contribution is 2.07. The molecule has 0 aliphatic heterocycles. The van der Waals surface area contributed by atoms with Crippen molar-refractivity contribution in [2.75, 3.05) is 5.73 Å². The number of aromatic nitrogens is 3. The Morgan fingerprint density at radius 1 is 1.50 bits per heavy atom. The number of nitrogen functional groups attached to an aromatic ring is 1. The predicted molar refractivity (Wildman–Crippen MR) is 48.1 cm³/mol. The number of nitrogens with one attached hydrogen (secondary N) is 1. The summed E-state index contributed by atoms with van der Waals surface area (Å²) in [6, 6.07) is 0. The number of imidazole rings is 1. The quantitative estimate of drug-likeness (QED) is 0.446. The maximum absolute atomic E-state index is 8.74. The molecule has 2 aromatic rings. The lowest BCUT2D eigenvalue weighted by molar-refractivity contribution is 0.381. The molecule has 0 spiro atoms. The van der Waals surface area contributed by atoms with Gasteiger partial charge in [0.05, 0.1) is 5.69 Å². The Kier molecular flexibility index (Phi) is 2.74. The normalized spacial score (nSPS) is 11.0. The molecule has 0 saturated heterocycles. The zero-order valence-electron chi connectivity index (χ0n) is 6.82. The van der Waals surface area contributed by atoms with E-state index in [9.17, 15) is 0 Å². The first-order chi connectivity index (χ1) is 6.38. The summed E-state index contributed by atoms with van der Waals surface area (Å²) < 4.78 is 33.3. The summed E-state index contributed by atoms with van der Waals surface area (Å²) >= 11 is 0. The molecule has 0 atom stereocenters. The van der Waals surface area contributed by atoms with Crippen LogP contribution < -0.4 is 5.73 Å². The average molecular weight is 220 g/mol. The summed E-state index contributed by atoms with van der Waals surface area (Å²) in [5.74, 6) is 0. The van der Waals surface area contributed by atoms with E-state index in [1.807, 2.05) is 6.20 Å². The molecular formula is C5H8N4O4S. The van der Waals surface area contributed by atoms with Crippen molar-refractivity contribution in [3.05, 3.63) is 18.6 Å². The number of nitrogens with zero attached hydrogens (tertiary/aromatic N) is 2. The van der Waals surface area contributed by atoms with Crippen molar-refractivity contribution in [1.29, 1.82) is 0 Å². The fourth-order valence-corrected chi connectivity index (χ4v) is 0.825. The van der Waals surface area contributed by atoms with Crippen LogP contribution in [0.15, 0.2) is 18.6 Å². The maximum atomic E-state index is 8.74. The van der Waals surface area contributed by atoms with E-state index in [0.717, 1.165) is 5.65 Å². The minimum absolute atomic E-state index is 0.681. The first kappa shape index (κ1) is 10.5. The van der Waals surface area contributed by atoms with Gasteiger partial charge in [-0.1, -0.05) is 0 Å². The van der Waals surface area contributed by atoms with Crippen molar-refractivity contribution in [2.24, 2.45) is 0 Å². The summed E-state index contributed by atoms with van der Waals surface area (Å²) in [5.41, 5.74) is 6.97. The van der Waals surface area contributed by atoms with Crippen LogP contribution in [0.1, 0.15) is 0 Å². The number of aromatic amines is 1. The van der Waals surface area contributed by atoms with Gasteiger partial charge in [0, 0.05) is 18.6 Å². The SMILES string of the molecule is Nc1c[nH]n2ccnc12.O=S(=O)(O)O. The second kappa shape index (κ2) is 3.65. The zero-order chi connectivity index (χ0) is 10.8. The van der Waals surface area contributed by atoms with Gasteiger partial charge in [-0.05, 0) is 0 Å². The van der Waals surface area contributed by atoms with E-state index in [1.54, 1.807) is 16.9 Å². The van der Waals surface area contributed by atoms with Gasteiger partial charge in [-0.2, -0.15) is 8.42 Å². The molecule has 5 N–H and O–H groups in total. The van der Waals surface area contributed by atoms with Crippen LogP contribution in [0.5, 0.6) is 0 Å². The lowest BCUT2D eigenvalue weighted by Crippen LogP contribution is -1.89. The van der Waals surface area contributed by atoms with Gasteiger partial charge in [0.25, 0.3) is 0 Å². The second-order valence-electron chi connectivity index (χ2n) is 2.30. The first-order valence-corrected chi connectivity index (χ1v) is 4.73. The zero-order valence-corrected chi connectivity index (χ0v) is 7.64. The highest BCUT2D eigenvalue weighted by Gasteiger charge is 1.96. The van der Waals surface area contributed by atoms with Crippen molar-refractivity contribution in [3.8, 4) is 0 Å². The summed E-state index contributed by atoms with van der Waals surface area (Å²) in [6.45, 7) is 0. The number of hydrogen-bond donors (Lipinski definition) is 4. The highest BCUT2D eigenvalue weighted by molar-refractivity contribution is 7.79. The molecule has 0 aromatic carbocycles. The minimum Gasteiger partial charge on any atom is -0.394 e. The van der Waals surface area contributed by atoms with Gasteiger partial charge < -0.3 is 5.73 Å². The molecule has 0 radical (unpaired) electrons. The first-order valence-electron chi connectivity index (χ1n) is 3.34. The van der Waals surface area contributed by atoms with E-state index in [4.69, 9.17) is 23.3 Å². The molecule has 14 heavy (non-hydrogen) atoms. The predicted octanol–water partition coefficient (Wildman–Crippen LogP) is -0.408. The van der Waals surface area contributed by atoms with Gasteiger partial charge in [0.15, 0.2) is 5.65 Å². The van der Waals surface area contributed by atoms with Gasteiger partial charge in [0.2, 0.25) is 0 Å². The van der Waals surface area contributed by atoms with Crippen LogP contribution in [0.2, 0.25) is 0 Å². The molecule has 0 fully saturated rings. The van der Waals surface area contributed by atoms with Crippen LogP contribution in [0.3, 0.4) is 0 Å². The van der Waals surface area contributed by atoms with Crippen LogP contribution in [-0.2, 0) is 10.4 Å². The van der Waals surface area contributed by atoms with Crippen LogP contribution in [0.4, 0.5) is 5.69 Å². The Morgan fingerprint density at radius 3 is 2.57 bits per heavy atom. The molecule has 0 bridgehead atoms. The summed E-state index contributed by atoms with van der Waals surface area (Å²) in [5, 5.41) is 2.90. The van der Waals surface area contributed by atoms with Crippen molar-refractivity contribution in [2.45, 2.75) is 0 Å². The van der Waals surface area contributed by atoms with E-state index < -0.39 is 10.4 Å². The number of fused-ring (bicyclic) bond motifs is 1. The molecule has 8 nitrogen and oxygen atoms in total. The van der Waals surface area contributed by atoms with E-state index in [2.05, 4.69) is 10.1 Å². The Balaban J connectivity index is 0.000000171. The van der Waals surface area contributed by atoms with E-state index in [0.29, 0.717) is 5.69 Å². The Bertz CT molecular complexity index is 505. The van der Waals surface area contributed by atoms with Crippen molar-refractivity contribution in [3.63, 3.8) is 0 Å². The van der Waals surface area contributed by atoms with Crippen LogP contribution >= 0.6 is 0 Å².